The Morgan fingerprint density at radius 2 is 1.48 bits per heavy atom. The summed E-state index contributed by atoms with van der Waals surface area (Å²) < 4.78 is 30.7. The Labute approximate surface area is 128 Å². The van der Waals surface area contributed by atoms with Crippen molar-refractivity contribution in [3.8, 4) is 0 Å². The molecule has 0 aliphatic carbocycles. The lowest BCUT2D eigenvalue weighted by Crippen LogP contribution is -2.01. The molecule has 0 heterocycles. The molecule has 0 aromatic rings. The second-order valence-electron chi connectivity index (χ2n) is 3.31. The molecule has 0 atom stereocenters. The first kappa shape index (κ1) is 28.2. The van der Waals surface area contributed by atoms with Gasteiger partial charge in [-0.15, -0.1) is 0 Å². The first-order valence-electron chi connectivity index (χ1n) is 6.50. The van der Waals surface area contributed by atoms with E-state index in [9.17, 15) is 13.2 Å². The van der Waals surface area contributed by atoms with Gasteiger partial charge in [0, 0.05) is 5.57 Å². The van der Waals surface area contributed by atoms with E-state index < -0.39 is 16.4 Å². The summed E-state index contributed by atoms with van der Waals surface area (Å²) in [5, 5.41) is 8.21. The van der Waals surface area contributed by atoms with Crippen LogP contribution in [-0.4, -0.2) is 43.7 Å². The molecule has 0 saturated carbocycles. The third-order valence-electron chi connectivity index (χ3n) is 1.12. The van der Waals surface area contributed by atoms with Gasteiger partial charge in [-0.1, -0.05) is 33.8 Å². The normalized spacial score (nSPS) is 8.90. The fourth-order valence-electron chi connectivity index (χ4n) is 0.558. The molecule has 0 saturated heterocycles. The van der Waals surface area contributed by atoms with Crippen LogP contribution in [0.1, 0.15) is 40.5 Å². The van der Waals surface area contributed by atoms with Crippen LogP contribution in [0.3, 0.4) is 0 Å². The van der Waals surface area contributed by atoms with Gasteiger partial charge >= 0.3 is 16.4 Å². The summed E-state index contributed by atoms with van der Waals surface area (Å²) in [6.07, 6.45) is 1.44. The standard InChI is InChI=1S/C6H10O2.2C2H7N.C2H6O4S/c1-3-4-5(2)6(7)8;2*1-2-3;1-2-6-7(3,4)5/h2-4H2,1H3,(H,7,8);2*2-3H2,1H3;2H2,1H3,(H,3,4,5). The van der Waals surface area contributed by atoms with Gasteiger partial charge in [0.1, 0.15) is 0 Å². The maximum Gasteiger partial charge on any atom is 0.397 e. The van der Waals surface area contributed by atoms with E-state index in [0.717, 1.165) is 19.5 Å². The predicted octanol–water partition coefficient (Wildman–Crippen LogP) is 1.18. The first-order valence-corrected chi connectivity index (χ1v) is 7.87. The third-order valence-corrected chi connectivity index (χ3v) is 1.65. The molecule has 0 aromatic heterocycles. The number of aliphatic carboxylic acids is 1. The first-order chi connectivity index (χ1) is 9.57. The third kappa shape index (κ3) is 54.9. The maximum absolute atomic E-state index is 9.99. The average molecular weight is 330 g/mol. The van der Waals surface area contributed by atoms with E-state index in [0.29, 0.717) is 12.0 Å². The van der Waals surface area contributed by atoms with Crippen LogP contribution in [0.5, 0.6) is 0 Å². The quantitative estimate of drug-likeness (QED) is 0.433. The fourth-order valence-corrected chi connectivity index (χ4v) is 0.855. The van der Waals surface area contributed by atoms with Crippen LogP contribution in [0, 0.1) is 0 Å². The zero-order valence-electron chi connectivity index (χ0n) is 13.3. The van der Waals surface area contributed by atoms with Crippen LogP contribution in [0.15, 0.2) is 12.2 Å². The van der Waals surface area contributed by atoms with Crippen molar-refractivity contribution >= 4 is 16.4 Å². The minimum atomic E-state index is -4.17. The molecule has 0 bridgehead atoms. The predicted molar refractivity (Wildman–Crippen MR) is 84.3 cm³/mol. The fraction of sp³-hybridized carbons (Fsp3) is 0.750. The molecule has 0 radical (unpaired) electrons. The summed E-state index contributed by atoms with van der Waals surface area (Å²) in [6.45, 7) is 12.0. The van der Waals surface area contributed by atoms with Crippen molar-refractivity contribution in [3.63, 3.8) is 0 Å². The molecule has 0 aliphatic rings. The molecule has 21 heavy (non-hydrogen) atoms. The molecule has 6 N–H and O–H groups in total. The van der Waals surface area contributed by atoms with E-state index in [4.69, 9.17) is 21.1 Å². The lowest BCUT2D eigenvalue weighted by atomic mass is 10.2. The van der Waals surface area contributed by atoms with Gasteiger partial charge in [0.05, 0.1) is 6.61 Å². The minimum Gasteiger partial charge on any atom is -0.478 e. The highest BCUT2D eigenvalue weighted by Crippen LogP contribution is 1.99. The van der Waals surface area contributed by atoms with Crippen molar-refractivity contribution < 1.29 is 27.1 Å². The molecule has 0 unspecified atom stereocenters. The molecule has 130 valence electrons. The Hall–Kier alpha value is -1.00. The molecule has 0 amide bonds. The number of nitrogens with two attached hydrogens (primary N) is 2. The summed E-state index contributed by atoms with van der Waals surface area (Å²) >= 11 is 0. The van der Waals surface area contributed by atoms with Crippen LogP contribution in [-0.2, 0) is 19.4 Å². The Balaban J connectivity index is -0.000000101. The monoisotopic (exact) mass is 330 g/mol. The molecule has 8 nitrogen and oxygen atoms in total. The molecule has 9 heteroatoms. The number of hydrogen-bond acceptors (Lipinski definition) is 6. The van der Waals surface area contributed by atoms with Gasteiger partial charge in [-0.2, -0.15) is 8.42 Å². The second-order valence-corrected chi connectivity index (χ2v) is 4.40. The van der Waals surface area contributed by atoms with Gasteiger partial charge in [0.15, 0.2) is 0 Å². The van der Waals surface area contributed by atoms with Gasteiger partial charge in [0.25, 0.3) is 0 Å². The highest BCUT2D eigenvalue weighted by Gasteiger charge is 1.99. The zero-order chi connectivity index (χ0) is 17.9. The van der Waals surface area contributed by atoms with Crippen molar-refractivity contribution in [3.05, 3.63) is 12.2 Å². The highest BCUT2D eigenvalue weighted by molar-refractivity contribution is 7.80. The minimum absolute atomic E-state index is 0.0289. The SMILES string of the molecule is C=C(CCC)C(=O)O.CCN.CCN.CCOS(=O)(=O)O. The zero-order valence-corrected chi connectivity index (χ0v) is 14.1. The molecular formula is C12H30N2O6S. The smallest absolute Gasteiger partial charge is 0.397 e. The average Bonchev–Trinajstić information content (AvgIpc) is 2.30. The van der Waals surface area contributed by atoms with Gasteiger partial charge in [-0.25, -0.2) is 8.98 Å². The number of carboxylic acid groups (broad SMARTS) is 1. The Kier molecular flexibility index (Phi) is 28.6. The van der Waals surface area contributed by atoms with Crippen LogP contribution in [0.4, 0.5) is 0 Å². The van der Waals surface area contributed by atoms with Crippen LogP contribution in [0.2, 0.25) is 0 Å². The summed E-state index contributed by atoms with van der Waals surface area (Å²) in [7, 11) is -4.17. The Morgan fingerprint density at radius 1 is 1.14 bits per heavy atom. The molecular weight excluding hydrogens is 300 g/mol. The number of carboxylic acids is 1. The highest BCUT2D eigenvalue weighted by atomic mass is 32.3. The van der Waals surface area contributed by atoms with Crippen molar-refractivity contribution in [1.82, 2.24) is 0 Å². The van der Waals surface area contributed by atoms with Gasteiger partial charge in [0.2, 0.25) is 0 Å². The summed E-state index contributed by atoms with van der Waals surface area (Å²) in [5.41, 5.74) is 9.99. The maximum atomic E-state index is 9.99. The molecule has 0 rings (SSSR count). The molecule has 0 aromatic carbocycles. The van der Waals surface area contributed by atoms with Gasteiger partial charge in [-0.05, 0) is 26.4 Å². The lowest BCUT2D eigenvalue weighted by molar-refractivity contribution is -0.132. The van der Waals surface area contributed by atoms with E-state index in [-0.39, 0.29) is 6.61 Å². The van der Waals surface area contributed by atoms with Gasteiger partial charge < -0.3 is 16.6 Å². The van der Waals surface area contributed by atoms with Crippen LogP contribution in [0.25, 0.3) is 0 Å². The Morgan fingerprint density at radius 3 is 1.52 bits per heavy atom. The van der Waals surface area contributed by atoms with Gasteiger partial charge in [-0.3, -0.25) is 4.55 Å². The summed E-state index contributed by atoms with van der Waals surface area (Å²) in [4.78, 5) is 9.99. The summed E-state index contributed by atoms with van der Waals surface area (Å²) in [6, 6.07) is 0. The number of carbonyl (C=O) groups is 1. The molecule has 0 aliphatic heterocycles. The van der Waals surface area contributed by atoms with Crippen molar-refractivity contribution in [2.45, 2.75) is 40.5 Å². The van der Waals surface area contributed by atoms with Crippen molar-refractivity contribution in [1.29, 1.82) is 0 Å². The van der Waals surface area contributed by atoms with Crippen molar-refractivity contribution in [2.24, 2.45) is 11.5 Å². The van der Waals surface area contributed by atoms with E-state index in [1.165, 1.54) is 6.92 Å². The summed E-state index contributed by atoms with van der Waals surface area (Å²) in [5.74, 6) is -0.883. The van der Waals surface area contributed by atoms with Crippen LogP contribution < -0.4 is 11.5 Å². The van der Waals surface area contributed by atoms with Crippen molar-refractivity contribution in [2.75, 3.05) is 19.7 Å². The number of rotatable bonds is 5. The molecule has 0 spiro atoms. The van der Waals surface area contributed by atoms with E-state index in [2.05, 4.69) is 10.8 Å². The number of hydrogen-bond donors (Lipinski definition) is 4. The van der Waals surface area contributed by atoms with Crippen LogP contribution >= 0.6 is 0 Å². The molecule has 0 fully saturated rings. The lowest BCUT2D eigenvalue weighted by Gasteiger charge is -1.92. The largest absolute Gasteiger partial charge is 0.478 e. The van der Waals surface area contributed by atoms with E-state index in [1.54, 1.807) is 0 Å². The Bertz CT molecular complexity index is 329. The van der Waals surface area contributed by atoms with E-state index >= 15 is 0 Å². The topological polar surface area (TPSA) is 153 Å². The second kappa shape index (κ2) is 21.3. The van der Waals surface area contributed by atoms with E-state index in [1.807, 2.05) is 20.8 Å².